The zero-order valence-electron chi connectivity index (χ0n) is 15.5. The van der Waals surface area contributed by atoms with Gasteiger partial charge in [0.25, 0.3) is 0 Å². The highest BCUT2D eigenvalue weighted by atomic mass is 35.5. The summed E-state index contributed by atoms with van der Waals surface area (Å²) >= 11 is 8.19. The minimum Gasteiger partial charge on any atom is -0.336 e. The van der Waals surface area contributed by atoms with Crippen LogP contribution >= 0.6 is 23.4 Å². The maximum atomic E-state index is 13.5. The number of halogens is 1. The molecule has 142 valence electrons. The predicted octanol–water partition coefficient (Wildman–Crippen LogP) is 4.19. The van der Waals surface area contributed by atoms with Gasteiger partial charge in [-0.1, -0.05) is 24.1 Å². The van der Waals surface area contributed by atoms with Gasteiger partial charge in [-0.25, -0.2) is 0 Å². The highest BCUT2D eigenvalue weighted by molar-refractivity contribution is 7.99. The van der Waals surface area contributed by atoms with Crippen LogP contribution < -0.4 is 0 Å². The van der Waals surface area contributed by atoms with E-state index in [0.29, 0.717) is 11.9 Å². The van der Waals surface area contributed by atoms with Gasteiger partial charge in [-0.05, 0) is 68.5 Å². The number of carbonyl (C=O) groups is 1. The van der Waals surface area contributed by atoms with Crippen molar-refractivity contribution in [2.45, 2.75) is 50.5 Å². The molecule has 1 aliphatic carbocycles. The Morgan fingerprint density at radius 2 is 2.00 bits per heavy atom. The Morgan fingerprint density at radius 1 is 1.15 bits per heavy atom. The second-order valence-corrected chi connectivity index (χ2v) is 9.50. The first kappa shape index (κ1) is 18.6. The van der Waals surface area contributed by atoms with Gasteiger partial charge in [-0.15, -0.1) is 0 Å². The first-order valence-electron chi connectivity index (χ1n) is 10.1. The van der Waals surface area contributed by atoms with Crippen LogP contribution in [-0.2, 0) is 11.2 Å². The number of nitrogens with zero attached hydrogens (tertiary/aromatic N) is 2. The zero-order chi connectivity index (χ0) is 17.9. The summed E-state index contributed by atoms with van der Waals surface area (Å²) in [4.78, 5) is 18.3. The standard InChI is InChI=1S/C21H29ClN2OS/c22-17-7-8-19-16(13-17)5-4-6-20(19)21(25)24-11-12-26-15-18(24)14-23-9-2-1-3-10-23/h7-8,13,18,20H,1-6,9-12,14-15H2. The first-order chi connectivity index (χ1) is 12.7. The lowest BCUT2D eigenvalue weighted by molar-refractivity contribution is -0.135. The van der Waals surface area contributed by atoms with E-state index in [0.717, 1.165) is 48.9 Å². The van der Waals surface area contributed by atoms with Crippen molar-refractivity contribution < 1.29 is 4.79 Å². The van der Waals surface area contributed by atoms with Crippen molar-refractivity contribution in [3.8, 4) is 0 Å². The molecule has 0 N–H and O–H groups in total. The zero-order valence-corrected chi connectivity index (χ0v) is 17.0. The SMILES string of the molecule is O=C(C1CCCc2cc(Cl)ccc21)N1CCSCC1CN1CCCCC1. The summed E-state index contributed by atoms with van der Waals surface area (Å²) in [5.41, 5.74) is 2.50. The van der Waals surface area contributed by atoms with Crippen molar-refractivity contribution in [3.63, 3.8) is 0 Å². The average Bonchev–Trinajstić information content (AvgIpc) is 2.68. The number of hydrogen-bond donors (Lipinski definition) is 0. The monoisotopic (exact) mass is 392 g/mol. The molecule has 0 radical (unpaired) electrons. The summed E-state index contributed by atoms with van der Waals surface area (Å²) in [5, 5.41) is 0.786. The molecule has 4 rings (SSSR count). The van der Waals surface area contributed by atoms with Crippen molar-refractivity contribution in [3.05, 3.63) is 34.3 Å². The largest absolute Gasteiger partial charge is 0.336 e. The van der Waals surface area contributed by atoms with Crippen LogP contribution in [0.15, 0.2) is 18.2 Å². The lowest BCUT2D eigenvalue weighted by Crippen LogP contribution is -2.53. The van der Waals surface area contributed by atoms with Crippen molar-refractivity contribution >= 4 is 29.3 Å². The number of rotatable bonds is 3. The Kier molecular flexibility index (Phi) is 6.12. The van der Waals surface area contributed by atoms with Crippen LogP contribution in [0.3, 0.4) is 0 Å². The van der Waals surface area contributed by atoms with E-state index in [9.17, 15) is 4.79 Å². The number of hydrogen-bond acceptors (Lipinski definition) is 3. The molecule has 1 aromatic carbocycles. The third-order valence-corrected chi connectivity index (χ3v) is 7.47. The molecule has 2 aliphatic heterocycles. The number of benzene rings is 1. The molecule has 2 atom stereocenters. The van der Waals surface area contributed by atoms with E-state index in [4.69, 9.17) is 11.6 Å². The Morgan fingerprint density at radius 3 is 2.85 bits per heavy atom. The highest BCUT2D eigenvalue weighted by Gasteiger charge is 2.35. The van der Waals surface area contributed by atoms with Gasteiger partial charge in [0.1, 0.15) is 0 Å². The van der Waals surface area contributed by atoms with Gasteiger partial charge in [0.2, 0.25) is 5.91 Å². The number of thioether (sulfide) groups is 1. The van der Waals surface area contributed by atoms with E-state index in [1.54, 1.807) is 0 Å². The summed E-state index contributed by atoms with van der Waals surface area (Å²) in [6.45, 7) is 4.36. The van der Waals surface area contributed by atoms with Crippen molar-refractivity contribution in [2.75, 3.05) is 37.7 Å². The summed E-state index contributed by atoms with van der Waals surface area (Å²) in [7, 11) is 0. The molecule has 26 heavy (non-hydrogen) atoms. The molecule has 5 heteroatoms. The molecule has 1 aromatic rings. The summed E-state index contributed by atoms with van der Waals surface area (Å²) in [6.07, 6.45) is 7.10. The van der Waals surface area contributed by atoms with E-state index in [1.165, 1.54) is 43.5 Å². The normalized spacial score (nSPS) is 27.2. The molecule has 3 nitrogen and oxygen atoms in total. The molecule has 0 saturated carbocycles. The number of carbonyl (C=O) groups excluding carboxylic acids is 1. The van der Waals surface area contributed by atoms with Gasteiger partial charge >= 0.3 is 0 Å². The van der Waals surface area contributed by atoms with Gasteiger partial charge in [0.05, 0.1) is 12.0 Å². The third kappa shape index (κ3) is 4.07. The van der Waals surface area contributed by atoms with Crippen molar-refractivity contribution in [1.29, 1.82) is 0 Å². The van der Waals surface area contributed by atoms with E-state index >= 15 is 0 Å². The number of likely N-dealkylation sites (tertiary alicyclic amines) is 1. The number of piperidine rings is 1. The molecule has 1 amide bonds. The van der Waals surface area contributed by atoms with Crippen molar-refractivity contribution in [2.24, 2.45) is 0 Å². The van der Waals surface area contributed by atoms with Gasteiger partial charge in [-0.3, -0.25) is 4.79 Å². The van der Waals surface area contributed by atoms with Gasteiger partial charge in [0, 0.05) is 29.6 Å². The van der Waals surface area contributed by atoms with Crippen LogP contribution in [-0.4, -0.2) is 59.4 Å². The minimum atomic E-state index is 0.0305. The molecule has 3 aliphatic rings. The summed E-state index contributed by atoms with van der Waals surface area (Å²) < 4.78 is 0. The van der Waals surface area contributed by atoms with Gasteiger partial charge in [0.15, 0.2) is 0 Å². The molecule has 2 fully saturated rings. The van der Waals surface area contributed by atoms with Crippen LogP contribution in [0.25, 0.3) is 0 Å². The lowest BCUT2D eigenvalue weighted by atomic mass is 9.82. The maximum Gasteiger partial charge on any atom is 0.230 e. The number of fused-ring (bicyclic) bond motifs is 1. The van der Waals surface area contributed by atoms with Crippen LogP contribution in [0, 0.1) is 0 Å². The molecule has 0 spiro atoms. The number of aryl methyl sites for hydroxylation is 1. The fourth-order valence-electron chi connectivity index (χ4n) is 4.78. The topological polar surface area (TPSA) is 23.6 Å². The quantitative estimate of drug-likeness (QED) is 0.770. The van der Waals surface area contributed by atoms with Crippen LogP contribution in [0.4, 0.5) is 0 Å². The first-order valence-corrected chi connectivity index (χ1v) is 11.6. The smallest absolute Gasteiger partial charge is 0.230 e. The lowest BCUT2D eigenvalue weighted by Gasteiger charge is -2.41. The molecule has 0 aromatic heterocycles. The predicted molar refractivity (Wildman–Crippen MR) is 110 cm³/mol. The van der Waals surface area contributed by atoms with Gasteiger partial charge < -0.3 is 9.80 Å². The second-order valence-electron chi connectivity index (χ2n) is 7.91. The van der Waals surface area contributed by atoms with Crippen LogP contribution in [0.5, 0.6) is 0 Å². The van der Waals surface area contributed by atoms with E-state index in [1.807, 2.05) is 17.8 Å². The maximum absolute atomic E-state index is 13.5. The minimum absolute atomic E-state index is 0.0305. The molecule has 2 saturated heterocycles. The summed E-state index contributed by atoms with van der Waals surface area (Å²) in [5.74, 6) is 2.55. The Labute approximate surface area is 166 Å². The highest BCUT2D eigenvalue weighted by Crippen LogP contribution is 2.35. The molecule has 2 unspecified atom stereocenters. The fraction of sp³-hybridized carbons (Fsp3) is 0.667. The second kappa shape index (κ2) is 8.53. The van der Waals surface area contributed by atoms with Crippen LogP contribution in [0.1, 0.15) is 49.1 Å². The van der Waals surface area contributed by atoms with E-state index in [2.05, 4.69) is 21.9 Å². The molecule has 2 heterocycles. The number of amides is 1. The fourth-order valence-corrected chi connectivity index (χ4v) is 6.02. The van der Waals surface area contributed by atoms with Gasteiger partial charge in [-0.2, -0.15) is 11.8 Å². The van der Waals surface area contributed by atoms with E-state index in [-0.39, 0.29) is 5.92 Å². The average molecular weight is 393 g/mol. The summed E-state index contributed by atoms with van der Waals surface area (Å²) in [6, 6.07) is 6.48. The Bertz CT molecular complexity index is 647. The van der Waals surface area contributed by atoms with E-state index < -0.39 is 0 Å². The molecular formula is C21H29ClN2OS. The Balaban J connectivity index is 1.50. The van der Waals surface area contributed by atoms with Crippen molar-refractivity contribution in [1.82, 2.24) is 9.80 Å². The molecule has 0 bridgehead atoms. The van der Waals surface area contributed by atoms with Crippen LogP contribution in [0.2, 0.25) is 5.02 Å². The Hall–Kier alpha value is -0.710. The third-order valence-electron chi connectivity index (χ3n) is 6.15. The molecular weight excluding hydrogens is 364 g/mol.